The second kappa shape index (κ2) is 5.25. The van der Waals surface area contributed by atoms with Gasteiger partial charge in [-0.2, -0.15) is 0 Å². The Hall–Kier alpha value is -0.170. The second-order valence-electron chi connectivity index (χ2n) is 3.50. The zero-order valence-electron chi connectivity index (χ0n) is 8.40. The van der Waals surface area contributed by atoms with Crippen LogP contribution in [0, 0.1) is 0 Å². The van der Waals surface area contributed by atoms with E-state index in [1.165, 1.54) is 0 Å². The highest BCUT2D eigenvalue weighted by atomic mass is 79.9. The van der Waals surface area contributed by atoms with E-state index in [0.717, 1.165) is 41.6 Å². The molecule has 0 spiro atoms. The first kappa shape index (κ1) is 11.3. The summed E-state index contributed by atoms with van der Waals surface area (Å²) in [6.07, 6.45) is 1.85. The SMILES string of the molecule is OCCN1CCN(c2ncc(Br)s2)CC1. The van der Waals surface area contributed by atoms with Crippen LogP contribution in [0.2, 0.25) is 0 Å². The number of anilines is 1. The molecule has 15 heavy (non-hydrogen) atoms. The molecule has 1 saturated heterocycles. The Kier molecular flexibility index (Phi) is 3.96. The highest BCUT2D eigenvalue weighted by Crippen LogP contribution is 2.27. The standard InChI is InChI=1S/C9H14BrN3OS/c10-8-7-11-9(15-8)13-3-1-12(2-4-13)5-6-14/h7,14H,1-6H2. The van der Waals surface area contributed by atoms with Crippen LogP contribution in [0.1, 0.15) is 0 Å². The lowest BCUT2D eigenvalue weighted by Gasteiger charge is -2.34. The molecule has 0 bridgehead atoms. The number of rotatable bonds is 3. The molecule has 4 nitrogen and oxygen atoms in total. The third-order valence-electron chi connectivity index (χ3n) is 2.52. The van der Waals surface area contributed by atoms with Crippen molar-refractivity contribution in [2.24, 2.45) is 0 Å². The Balaban J connectivity index is 1.88. The molecule has 1 fully saturated rings. The first-order valence-electron chi connectivity index (χ1n) is 4.99. The predicted molar refractivity (Wildman–Crippen MR) is 65.6 cm³/mol. The summed E-state index contributed by atoms with van der Waals surface area (Å²) in [5.41, 5.74) is 0. The van der Waals surface area contributed by atoms with Gasteiger partial charge in [0.2, 0.25) is 0 Å². The van der Waals surface area contributed by atoms with Crippen molar-refractivity contribution in [3.05, 3.63) is 9.98 Å². The number of aliphatic hydroxyl groups is 1. The Morgan fingerprint density at radius 3 is 2.67 bits per heavy atom. The zero-order valence-corrected chi connectivity index (χ0v) is 10.8. The van der Waals surface area contributed by atoms with Crippen LogP contribution < -0.4 is 4.90 Å². The summed E-state index contributed by atoms with van der Waals surface area (Å²) in [5, 5.41) is 9.92. The quantitative estimate of drug-likeness (QED) is 0.903. The van der Waals surface area contributed by atoms with Gasteiger partial charge in [0, 0.05) is 32.7 Å². The first-order valence-corrected chi connectivity index (χ1v) is 6.60. The summed E-state index contributed by atoms with van der Waals surface area (Å²) in [4.78, 5) is 8.91. The lowest BCUT2D eigenvalue weighted by atomic mass is 10.3. The average Bonchev–Trinajstić information content (AvgIpc) is 2.67. The van der Waals surface area contributed by atoms with E-state index in [9.17, 15) is 0 Å². The zero-order chi connectivity index (χ0) is 10.7. The van der Waals surface area contributed by atoms with Crippen molar-refractivity contribution in [3.63, 3.8) is 0 Å². The average molecular weight is 292 g/mol. The van der Waals surface area contributed by atoms with Crippen LogP contribution in [0.15, 0.2) is 9.98 Å². The molecule has 1 aliphatic heterocycles. The van der Waals surface area contributed by atoms with E-state index in [4.69, 9.17) is 5.11 Å². The summed E-state index contributed by atoms with van der Waals surface area (Å²) in [6.45, 7) is 5.06. The number of nitrogens with zero attached hydrogens (tertiary/aromatic N) is 3. The molecule has 0 aliphatic carbocycles. The molecule has 1 N–H and O–H groups in total. The van der Waals surface area contributed by atoms with Crippen molar-refractivity contribution in [3.8, 4) is 0 Å². The van der Waals surface area contributed by atoms with Crippen molar-refractivity contribution < 1.29 is 5.11 Å². The molecule has 6 heteroatoms. The maximum absolute atomic E-state index is 8.83. The molecular formula is C9H14BrN3OS. The number of aliphatic hydroxyl groups excluding tert-OH is 1. The Labute approximate surface area is 102 Å². The Morgan fingerprint density at radius 2 is 2.13 bits per heavy atom. The topological polar surface area (TPSA) is 39.6 Å². The summed E-state index contributed by atoms with van der Waals surface area (Å²) < 4.78 is 1.08. The fourth-order valence-corrected chi connectivity index (χ4v) is 2.93. The lowest BCUT2D eigenvalue weighted by molar-refractivity contribution is 0.189. The fraction of sp³-hybridized carbons (Fsp3) is 0.667. The molecule has 0 atom stereocenters. The van der Waals surface area contributed by atoms with Crippen LogP contribution in [-0.4, -0.2) is 54.3 Å². The van der Waals surface area contributed by atoms with Gasteiger partial charge in [-0.15, -0.1) is 0 Å². The van der Waals surface area contributed by atoms with Crippen LogP contribution in [0.25, 0.3) is 0 Å². The molecule has 2 heterocycles. The van der Waals surface area contributed by atoms with E-state index in [1.807, 2.05) is 6.20 Å². The van der Waals surface area contributed by atoms with E-state index >= 15 is 0 Å². The minimum Gasteiger partial charge on any atom is -0.395 e. The van der Waals surface area contributed by atoms with Crippen molar-refractivity contribution in [2.45, 2.75) is 0 Å². The van der Waals surface area contributed by atoms with E-state index in [1.54, 1.807) is 11.3 Å². The van der Waals surface area contributed by atoms with Gasteiger partial charge in [-0.1, -0.05) is 11.3 Å². The van der Waals surface area contributed by atoms with Gasteiger partial charge in [0.05, 0.1) is 16.6 Å². The smallest absolute Gasteiger partial charge is 0.186 e. The fourth-order valence-electron chi connectivity index (χ4n) is 1.70. The first-order chi connectivity index (χ1) is 7.29. The van der Waals surface area contributed by atoms with Crippen molar-refractivity contribution >= 4 is 32.4 Å². The Bertz CT molecular complexity index is 312. The maximum Gasteiger partial charge on any atom is 0.186 e. The molecule has 2 rings (SSSR count). The van der Waals surface area contributed by atoms with Crippen molar-refractivity contribution in [2.75, 3.05) is 44.2 Å². The molecule has 1 aliphatic rings. The number of aromatic nitrogens is 1. The number of halogens is 1. The highest BCUT2D eigenvalue weighted by molar-refractivity contribution is 9.11. The number of hydrogen-bond acceptors (Lipinski definition) is 5. The van der Waals surface area contributed by atoms with Crippen LogP contribution >= 0.6 is 27.3 Å². The predicted octanol–water partition coefficient (Wildman–Crippen LogP) is 1.02. The van der Waals surface area contributed by atoms with E-state index in [-0.39, 0.29) is 6.61 Å². The molecule has 0 unspecified atom stereocenters. The van der Waals surface area contributed by atoms with Gasteiger partial charge < -0.3 is 10.0 Å². The Morgan fingerprint density at radius 1 is 1.40 bits per heavy atom. The molecule has 1 aromatic rings. The minimum atomic E-state index is 0.253. The normalized spacial score (nSPS) is 18.4. The molecule has 1 aromatic heterocycles. The van der Waals surface area contributed by atoms with Gasteiger partial charge in [-0.05, 0) is 15.9 Å². The lowest BCUT2D eigenvalue weighted by Crippen LogP contribution is -2.47. The summed E-state index contributed by atoms with van der Waals surface area (Å²) in [5.74, 6) is 0. The van der Waals surface area contributed by atoms with E-state index < -0.39 is 0 Å². The monoisotopic (exact) mass is 291 g/mol. The van der Waals surface area contributed by atoms with Crippen LogP contribution in [-0.2, 0) is 0 Å². The van der Waals surface area contributed by atoms with Crippen molar-refractivity contribution in [1.82, 2.24) is 9.88 Å². The van der Waals surface area contributed by atoms with Crippen LogP contribution in [0.4, 0.5) is 5.13 Å². The third kappa shape index (κ3) is 2.90. The summed E-state index contributed by atoms with van der Waals surface area (Å²) in [7, 11) is 0. The van der Waals surface area contributed by atoms with Gasteiger partial charge in [-0.3, -0.25) is 4.90 Å². The molecule has 0 aromatic carbocycles. The second-order valence-corrected chi connectivity index (χ2v) is 5.89. The van der Waals surface area contributed by atoms with E-state index in [2.05, 4.69) is 30.7 Å². The maximum atomic E-state index is 8.83. The van der Waals surface area contributed by atoms with Gasteiger partial charge in [0.15, 0.2) is 5.13 Å². The summed E-state index contributed by atoms with van der Waals surface area (Å²) in [6, 6.07) is 0. The number of thiazole rings is 1. The van der Waals surface area contributed by atoms with Crippen LogP contribution in [0.3, 0.4) is 0 Å². The molecule has 0 radical (unpaired) electrons. The molecule has 84 valence electrons. The van der Waals surface area contributed by atoms with Gasteiger partial charge in [0.1, 0.15) is 0 Å². The van der Waals surface area contributed by atoms with Gasteiger partial charge in [-0.25, -0.2) is 4.98 Å². The highest BCUT2D eigenvalue weighted by Gasteiger charge is 2.18. The number of β-amino-alcohol motifs (C(OH)–C–C–N with tert-alkyl or cyclic N) is 1. The van der Waals surface area contributed by atoms with Gasteiger partial charge >= 0.3 is 0 Å². The number of piperazine rings is 1. The molecule has 0 saturated carbocycles. The van der Waals surface area contributed by atoms with Crippen molar-refractivity contribution in [1.29, 1.82) is 0 Å². The summed E-state index contributed by atoms with van der Waals surface area (Å²) >= 11 is 5.09. The van der Waals surface area contributed by atoms with E-state index in [0.29, 0.717) is 0 Å². The third-order valence-corrected chi connectivity index (χ3v) is 4.06. The molecule has 0 amide bonds. The minimum absolute atomic E-state index is 0.253. The molecular weight excluding hydrogens is 278 g/mol. The largest absolute Gasteiger partial charge is 0.395 e. The van der Waals surface area contributed by atoms with Gasteiger partial charge in [0.25, 0.3) is 0 Å². The van der Waals surface area contributed by atoms with Crippen LogP contribution in [0.5, 0.6) is 0 Å². The number of hydrogen-bond donors (Lipinski definition) is 1.